The summed E-state index contributed by atoms with van der Waals surface area (Å²) in [4.78, 5) is 14.3. The second kappa shape index (κ2) is 8.25. The zero-order chi connectivity index (χ0) is 19.5. The lowest BCUT2D eigenvalue weighted by Crippen LogP contribution is -2.28. The summed E-state index contributed by atoms with van der Waals surface area (Å²) >= 11 is 7.54. The third kappa shape index (κ3) is 4.01. The predicted octanol–water partition coefficient (Wildman–Crippen LogP) is 5.84. The molecule has 3 aromatic rings. The topological polar surface area (TPSA) is 29.5 Å². The number of amides is 1. The highest BCUT2D eigenvalue weighted by atomic mass is 35.5. The van der Waals surface area contributed by atoms with Crippen LogP contribution in [-0.4, -0.2) is 11.7 Å². The first-order chi connectivity index (χ1) is 13.6. The van der Waals surface area contributed by atoms with Gasteiger partial charge in [-0.1, -0.05) is 41.9 Å². The van der Waals surface area contributed by atoms with Crippen LogP contribution in [0, 0.1) is 5.82 Å². The highest BCUT2D eigenvalue weighted by molar-refractivity contribution is 8.00. The van der Waals surface area contributed by atoms with E-state index >= 15 is 0 Å². The molecule has 0 spiro atoms. The molecule has 0 aliphatic carbocycles. The summed E-state index contributed by atoms with van der Waals surface area (Å²) in [5, 5.41) is 0.427. The summed E-state index contributed by atoms with van der Waals surface area (Å²) in [5.41, 5.74) is 2.45. The number of benzene rings is 3. The minimum absolute atomic E-state index is 0.0391. The molecule has 4 rings (SSSR count). The maximum absolute atomic E-state index is 13.4. The molecule has 142 valence electrons. The Hall–Kier alpha value is -2.50. The van der Waals surface area contributed by atoms with E-state index in [2.05, 4.69) is 0 Å². The maximum atomic E-state index is 13.4. The van der Waals surface area contributed by atoms with Crippen LogP contribution in [0.15, 0.2) is 72.8 Å². The molecule has 1 saturated heterocycles. The van der Waals surface area contributed by atoms with Gasteiger partial charge >= 0.3 is 0 Å². The summed E-state index contributed by atoms with van der Waals surface area (Å²) in [7, 11) is 0. The number of para-hydroxylation sites is 1. The van der Waals surface area contributed by atoms with Gasteiger partial charge in [-0.2, -0.15) is 0 Å². The van der Waals surface area contributed by atoms with Crippen molar-refractivity contribution in [2.24, 2.45) is 0 Å². The molecule has 28 heavy (non-hydrogen) atoms. The minimum atomic E-state index is -0.291. The van der Waals surface area contributed by atoms with Crippen molar-refractivity contribution in [1.29, 1.82) is 0 Å². The Bertz CT molecular complexity index is 996. The van der Waals surface area contributed by atoms with Gasteiger partial charge in [0.25, 0.3) is 0 Å². The molecule has 0 N–H and O–H groups in total. The molecule has 1 aliphatic rings. The SMILES string of the molecule is O=C1CS[C@H](c2ccccc2OCc2cccc(F)c2)N1c1ccc(Cl)cc1. The first-order valence-electron chi connectivity index (χ1n) is 8.77. The minimum Gasteiger partial charge on any atom is -0.489 e. The number of rotatable bonds is 5. The summed E-state index contributed by atoms with van der Waals surface area (Å²) in [6.07, 6.45) is 0. The van der Waals surface area contributed by atoms with E-state index in [1.807, 2.05) is 42.5 Å². The Kier molecular flexibility index (Phi) is 5.55. The number of carbonyl (C=O) groups is 1. The van der Waals surface area contributed by atoms with Crippen molar-refractivity contribution in [2.75, 3.05) is 10.7 Å². The van der Waals surface area contributed by atoms with Crippen molar-refractivity contribution in [3.8, 4) is 5.75 Å². The Balaban J connectivity index is 1.61. The molecule has 1 atom stereocenters. The van der Waals surface area contributed by atoms with Gasteiger partial charge in [-0.05, 0) is 48.0 Å². The van der Waals surface area contributed by atoms with Crippen LogP contribution in [0.25, 0.3) is 0 Å². The zero-order valence-electron chi connectivity index (χ0n) is 14.8. The molecular weight excluding hydrogens is 397 g/mol. The Morgan fingerprint density at radius 3 is 2.64 bits per heavy atom. The van der Waals surface area contributed by atoms with Crippen molar-refractivity contribution in [1.82, 2.24) is 0 Å². The average Bonchev–Trinajstić information content (AvgIpc) is 3.09. The van der Waals surface area contributed by atoms with Crippen LogP contribution in [0.5, 0.6) is 5.75 Å². The van der Waals surface area contributed by atoms with Gasteiger partial charge < -0.3 is 4.74 Å². The lowest BCUT2D eigenvalue weighted by atomic mass is 10.1. The van der Waals surface area contributed by atoms with E-state index in [4.69, 9.17) is 16.3 Å². The standard InChI is InChI=1S/C22H17ClFNO2S/c23-16-8-10-18(11-9-16)25-21(26)14-28-22(25)19-6-1-2-7-20(19)27-13-15-4-3-5-17(24)12-15/h1-12,22H,13-14H2/t22-/m1/s1. The number of carbonyl (C=O) groups excluding carboxylic acids is 1. The molecule has 0 radical (unpaired) electrons. The molecule has 0 bridgehead atoms. The number of thioether (sulfide) groups is 1. The molecule has 3 aromatic carbocycles. The Morgan fingerprint density at radius 2 is 1.86 bits per heavy atom. The van der Waals surface area contributed by atoms with Gasteiger partial charge in [0.2, 0.25) is 5.91 Å². The first kappa shape index (κ1) is 18.8. The van der Waals surface area contributed by atoms with Crippen molar-refractivity contribution in [2.45, 2.75) is 12.0 Å². The van der Waals surface area contributed by atoms with Crippen LogP contribution < -0.4 is 9.64 Å². The predicted molar refractivity (Wildman–Crippen MR) is 111 cm³/mol. The monoisotopic (exact) mass is 413 g/mol. The fraction of sp³-hybridized carbons (Fsp3) is 0.136. The van der Waals surface area contributed by atoms with Crippen LogP contribution >= 0.6 is 23.4 Å². The summed E-state index contributed by atoms with van der Waals surface area (Å²) in [5.74, 6) is 0.821. The third-order valence-electron chi connectivity index (χ3n) is 4.44. The van der Waals surface area contributed by atoms with E-state index in [1.54, 1.807) is 34.9 Å². The van der Waals surface area contributed by atoms with Gasteiger partial charge in [0.1, 0.15) is 23.5 Å². The molecule has 0 saturated carbocycles. The number of nitrogens with zero attached hydrogens (tertiary/aromatic N) is 1. The molecule has 1 fully saturated rings. The van der Waals surface area contributed by atoms with E-state index < -0.39 is 0 Å². The highest BCUT2D eigenvalue weighted by Crippen LogP contribution is 2.45. The molecule has 1 aliphatic heterocycles. The van der Waals surface area contributed by atoms with E-state index in [-0.39, 0.29) is 23.7 Å². The number of hydrogen-bond donors (Lipinski definition) is 0. The van der Waals surface area contributed by atoms with E-state index in [9.17, 15) is 9.18 Å². The van der Waals surface area contributed by atoms with Crippen LogP contribution in [0.4, 0.5) is 10.1 Å². The number of hydrogen-bond acceptors (Lipinski definition) is 3. The van der Waals surface area contributed by atoms with Crippen molar-refractivity contribution in [3.05, 3.63) is 94.8 Å². The summed E-state index contributed by atoms with van der Waals surface area (Å²) < 4.78 is 19.4. The molecule has 3 nitrogen and oxygen atoms in total. The van der Waals surface area contributed by atoms with Crippen molar-refractivity contribution >= 4 is 35.0 Å². The average molecular weight is 414 g/mol. The fourth-order valence-corrected chi connectivity index (χ4v) is 4.47. The fourth-order valence-electron chi connectivity index (χ4n) is 3.14. The third-order valence-corrected chi connectivity index (χ3v) is 5.89. The summed E-state index contributed by atoms with van der Waals surface area (Å²) in [6.45, 7) is 0.251. The van der Waals surface area contributed by atoms with Gasteiger partial charge in [-0.25, -0.2) is 4.39 Å². The molecule has 6 heteroatoms. The van der Waals surface area contributed by atoms with Crippen LogP contribution in [0.2, 0.25) is 5.02 Å². The normalized spacial score (nSPS) is 16.4. The van der Waals surface area contributed by atoms with Gasteiger partial charge in [-0.3, -0.25) is 9.69 Å². The zero-order valence-corrected chi connectivity index (χ0v) is 16.4. The van der Waals surface area contributed by atoms with Crippen molar-refractivity contribution < 1.29 is 13.9 Å². The molecule has 1 heterocycles. The Morgan fingerprint density at radius 1 is 1.07 bits per heavy atom. The second-order valence-electron chi connectivity index (χ2n) is 6.36. The van der Waals surface area contributed by atoms with Gasteiger partial charge in [0, 0.05) is 16.3 Å². The van der Waals surface area contributed by atoms with Crippen molar-refractivity contribution in [3.63, 3.8) is 0 Å². The number of anilines is 1. The quantitative estimate of drug-likeness (QED) is 0.526. The lowest BCUT2D eigenvalue weighted by molar-refractivity contribution is -0.115. The highest BCUT2D eigenvalue weighted by Gasteiger charge is 2.35. The second-order valence-corrected chi connectivity index (χ2v) is 7.86. The number of ether oxygens (including phenoxy) is 1. The molecule has 0 unspecified atom stereocenters. The van der Waals surface area contributed by atoms with Crippen LogP contribution in [0.1, 0.15) is 16.5 Å². The van der Waals surface area contributed by atoms with E-state index in [0.717, 1.165) is 16.8 Å². The largest absolute Gasteiger partial charge is 0.489 e. The Labute approximate surface area is 172 Å². The van der Waals surface area contributed by atoms with Gasteiger partial charge in [0.15, 0.2) is 0 Å². The van der Waals surface area contributed by atoms with Crippen LogP contribution in [-0.2, 0) is 11.4 Å². The summed E-state index contributed by atoms with van der Waals surface area (Å²) in [6, 6.07) is 21.2. The first-order valence-corrected chi connectivity index (χ1v) is 10.2. The van der Waals surface area contributed by atoms with Crippen LogP contribution in [0.3, 0.4) is 0 Å². The smallest absolute Gasteiger partial charge is 0.238 e. The molecule has 0 aromatic heterocycles. The van der Waals surface area contributed by atoms with Gasteiger partial charge in [-0.15, -0.1) is 11.8 Å². The molecule has 1 amide bonds. The maximum Gasteiger partial charge on any atom is 0.238 e. The van der Waals surface area contributed by atoms with Gasteiger partial charge in [0.05, 0.1) is 5.75 Å². The van der Waals surface area contributed by atoms with E-state index in [0.29, 0.717) is 16.5 Å². The van der Waals surface area contributed by atoms with E-state index in [1.165, 1.54) is 12.1 Å². The molecular formula is C22H17ClFNO2S. The number of halogens is 2. The lowest BCUT2D eigenvalue weighted by Gasteiger charge is -2.26.